The summed E-state index contributed by atoms with van der Waals surface area (Å²) in [7, 11) is 0. The molecule has 1 atom stereocenters. The molecule has 0 bridgehead atoms. The van der Waals surface area contributed by atoms with E-state index >= 15 is 0 Å². The van der Waals surface area contributed by atoms with Gasteiger partial charge in [0.05, 0.1) is 22.0 Å². The molecule has 0 amide bonds. The summed E-state index contributed by atoms with van der Waals surface area (Å²) in [6, 6.07) is 5.43. The molecule has 1 unspecified atom stereocenters. The normalized spacial score (nSPS) is 12.2. The first-order valence-corrected chi connectivity index (χ1v) is 5.28. The minimum atomic E-state index is -0.298. The number of hydrogen-bond donors (Lipinski definition) is 0. The van der Waals surface area contributed by atoms with Gasteiger partial charge in [-0.1, -0.05) is 41.7 Å². The highest BCUT2D eigenvalue weighted by Crippen LogP contribution is 2.37. The van der Waals surface area contributed by atoms with Crippen LogP contribution in [-0.4, -0.2) is 0 Å². The van der Waals surface area contributed by atoms with Crippen molar-refractivity contribution in [1.82, 2.24) is 0 Å². The third-order valence-corrected chi connectivity index (χ3v) is 3.14. The zero-order valence-corrected chi connectivity index (χ0v) is 9.79. The van der Waals surface area contributed by atoms with Gasteiger partial charge in [0.1, 0.15) is 0 Å². The predicted octanol–water partition coefficient (Wildman–Crippen LogP) is 4.66. The van der Waals surface area contributed by atoms with Crippen LogP contribution in [0.5, 0.6) is 0 Å². The molecule has 14 heavy (non-hydrogen) atoms. The maximum Gasteiger partial charge on any atom is 0.0739 e. The lowest BCUT2D eigenvalue weighted by Crippen LogP contribution is -1.96. The van der Waals surface area contributed by atoms with Gasteiger partial charge in [0.25, 0.3) is 0 Å². The molecule has 0 aromatic heterocycles. The van der Waals surface area contributed by atoms with Gasteiger partial charge in [-0.3, -0.25) is 0 Å². The standard InChI is InChI=1S/C10H8Cl3N/c1-2-6(5-14)9-7(11)3-4-8(12)10(9)13/h3-4,6H,2H2,1H3. The topological polar surface area (TPSA) is 23.8 Å². The van der Waals surface area contributed by atoms with E-state index in [1.807, 2.05) is 6.92 Å². The highest BCUT2D eigenvalue weighted by atomic mass is 35.5. The molecule has 0 aliphatic carbocycles. The second-order valence-corrected chi connectivity index (χ2v) is 4.04. The van der Waals surface area contributed by atoms with Crippen molar-refractivity contribution in [3.05, 3.63) is 32.8 Å². The van der Waals surface area contributed by atoms with Crippen molar-refractivity contribution in [2.24, 2.45) is 0 Å². The van der Waals surface area contributed by atoms with Gasteiger partial charge in [0, 0.05) is 10.6 Å². The summed E-state index contributed by atoms with van der Waals surface area (Å²) in [4.78, 5) is 0. The molecule has 0 heterocycles. The smallest absolute Gasteiger partial charge is 0.0739 e. The second kappa shape index (κ2) is 4.89. The first-order valence-electron chi connectivity index (χ1n) is 4.14. The van der Waals surface area contributed by atoms with Gasteiger partial charge < -0.3 is 0 Å². The van der Waals surface area contributed by atoms with Gasteiger partial charge in [0.2, 0.25) is 0 Å². The molecule has 1 nitrogen and oxygen atoms in total. The fraction of sp³-hybridized carbons (Fsp3) is 0.300. The van der Waals surface area contributed by atoms with Crippen LogP contribution in [0.3, 0.4) is 0 Å². The van der Waals surface area contributed by atoms with E-state index < -0.39 is 0 Å². The lowest BCUT2D eigenvalue weighted by molar-refractivity contribution is 0.819. The van der Waals surface area contributed by atoms with Gasteiger partial charge in [-0.15, -0.1) is 0 Å². The zero-order chi connectivity index (χ0) is 10.7. The summed E-state index contributed by atoms with van der Waals surface area (Å²) in [5.41, 5.74) is 0.630. The van der Waals surface area contributed by atoms with E-state index in [0.717, 1.165) is 0 Å². The number of nitriles is 1. The zero-order valence-electron chi connectivity index (χ0n) is 7.52. The Labute approximate surface area is 98.2 Å². The third kappa shape index (κ3) is 2.15. The van der Waals surface area contributed by atoms with Crippen LogP contribution in [0, 0.1) is 11.3 Å². The van der Waals surface area contributed by atoms with Crippen molar-refractivity contribution in [3.8, 4) is 6.07 Å². The van der Waals surface area contributed by atoms with Crippen LogP contribution in [0.15, 0.2) is 12.1 Å². The van der Waals surface area contributed by atoms with E-state index in [9.17, 15) is 0 Å². The molecule has 0 saturated carbocycles. The van der Waals surface area contributed by atoms with Crippen LogP contribution in [0.1, 0.15) is 24.8 Å². The SMILES string of the molecule is CCC(C#N)c1c(Cl)ccc(Cl)c1Cl. The summed E-state index contributed by atoms with van der Waals surface area (Å²) in [5.74, 6) is -0.298. The first kappa shape index (κ1) is 11.7. The quantitative estimate of drug-likeness (QED) is 0.698. The van der Waals surface area contributed by atoms with E-state index in [1.165, 1.54) is 0 Å². The Hall–Kier alpha value is -0.420. The Morgan fingerprint density at radius 1 is 1.29 bits per heavy atom. The average molecular weight is 249 g/mol. The highest BCUT2D eigenvalue weighted by Gasteiger charge is 2.17. The summed E-state index contributed by atoms with van der Waals surface area (Å²) >= 11 is 17.8. The summed E-state index contributed by atoms with van der Waals surface area (Å²) < 4.78 is 0. The van der Waals surface area contributed by atoms with Crippen LogP contribution < -0.4 is 0 Å². The lowest BCUT2D eigenvalue weighted by atomic mass is 9.98. The number of hydrogen-bond acceptors (Lipinski definition) is 1. The number of nitrogens with zero attached hydrogens (tertiary/aromatic N) is 1. The Morgan fingerprint density at radius 2 is 1.86 bits per heavy atom. The van der Waals surface area contributed by atoms with Crippen LogP contribution in [-0.2, 0) is 0 Å². The fourth-order valence-corrected chi connectivity index (χ4v) is 2.02. The molecule has 0 saturated heterocycles. The van der Waals surface area contributed by atoms with Crippen molar-refractivity contribution in [3.63, 3.8) is 0 Å². The molecule has 0 aliphatic heterocycles. The third-order valence-electron chi connectivity index (χ3n) is 1.99. The van der Waals surface area contributed by atoms with E-state index in [-0.39, 0.29) is 5.92 Å². The molecular weight excluding hydrogens is 240 g/mol. The molecule has 1 aromatic rings. The van der Waals surface area contributed by atoms with Crippen molar-refractivity contribution in [2.45, 2.75) is 19.3 Å². The minimum absolute atomic E-state index is 0.298. The van der Waals surface area contributed by atoms with Crippen molar-refractivity contribution < 1.29 is 0 Å². The maximum atomic E-state index is 8.91. The Bertz CT molecular complexity index is 382. The number of rotatable bonds is 2. The first-order chi connectivity index (χ1) is 6.61. The molecule has 0 fully saturated rings. The van der Waals surface area contributed by atoms with Gasteiger partial charge in [-0.25, -0.2) is 0 Å². The van der Waals surface area contributed by atoms with E-state index in [0.29, 0.717) is 27.1 Å². The van der Waals surface area contributed by atoms with Crippen LogP contribution in [0.4, 0.5) is 0 Å². The van der Waals surface area contributed by atoms with Gasteiger partial charge in [-0.2, -0.15) is 5.26 Å². The fourth-order valence-electron chi connectivity index (χ4n) is 1.22. The predicted molar refractivity (Wildman–Crippen MR) is 60.1 cm³/mol. The molecule has 4 heteroatoms. The minimum Gasteiger partial charge on any atom is -0.198 e. The molecule has 74 valence electrons. The van der Waals surface area contributed by atoms with Crippen LogP contribution >= 0.6 is 34.8 Å². The Morgan fingerprint density at radius 3 is 2.36 bits per heavy atom. The number of halogens is 3. The Kier molecular flexibility index (Phi) is 4.07. The largest absolute Gasteiger partial charge is 0.198 e. The second-order valence-electron chi connectivity index (χ2n) is 2.85. The number of benzene rings is 1. The van der Waals surface area contributed by atoms with E-state index in [4.69, 9.17) is 40.1 Å². The monoisotopic (exact) mass is 247 g/mol. The molecule has 0 N–H and O–H groups in total. The molecule has 0 radical (unpaired) electrons. The van der Waals surface area contributed by atoms with Gasteiger partial charge >= 0.3 is 0 Å². The van der Waals surface area contributed by atoms with E-state index in [2.05, 4.69) is 6.07 Å². The molecule has 1 rings (SSSR count). The summed E-state index contributed by atoms with van der Waals surface area (Å²) in [6.07, 6.45) is 0.663. The molecule has 1 aromatic carbocycles. The molecular formula is C10H8Cl3N. The van der Waals surface area contributed by atoms with Gasteiger partial charge in [-0.05, 0) is 18.6 Å². The van der Waals surface area contributed by atoms with Crippen molar-refractivity contribution in [2.75, 3.05) is 0 Å². The lowest BCUT2D eigenvalue weighted by Gasteiger charge is -2.11. The maximum absolute atomic E-state index is 8.91. The Balaban J connectivity index is 3.32. The average Bonchev–Trinajstić information content (AvgIpc) is 2.19. The van der Waals surface area contributed by atoms with Crippen LogP contribution in [0.25, 0.3) is 0 Å². The highest BCUT2D eigenvalue weighted by molar-refractivity contribution is 6.44. The van der Waals surface area contributed by atoms with Gasteiger partial charge in [0.15, 0.2) is 0 Å². The van der Waals surface area contributed by atoms with Crippen molar-refractivity contribution >= 4 is 34.8 Å². The van der Waals surface area contributed by atoms with E-state index in [1.54, 1.807) is 12.1 Å². The molecule has 0 aliphatic rings. The van der Waals surface area contributed by atoms with Crippen LogP contribution in [0.2, 0.25) is 15.1 Å². The van der Waals surface area contributed by atoms with Crippen molar-refractivity contribution in [1.29, 1.82) is 5.26 Å². The summed E-state index contributed by atoms with van der Waals surface area (Å²) in [6.45, 7) is 1.90. The summed E-state index contributed by atoms with van der Waals surface area (Å²) in [5, 5.41) is 10.2. The molecule has 0 spiro atoms.